The molecule has 0 saturated carbocycles. The van der Waals surface area contributed by atoms with Crippen LogP contribution in [0.25, 0.3) is 0 Å². The van der Waals surface area contributed by atoms with Crippen LogP contribution in [0.5, 0.6) is 0 Å². The summed E-state index contributed by atoms with van der Waals surface area (Å²) in [6, 6.07) is 10.9. The van der Waals surface area contributed by atoms with Crippen LogP contribution in [0.2, 0.25) is 0 Å². The van der Waals surface area contributed by atoms with E-state index in [4.69, 9.17) is 5.26 Å². The number of nitrogens with zero attached hydrogens (tertiary/aromatic N) is 4. The zero-order chi connectivity index (χ0) is 19.4. The van der Waals surface area contributed by atoms with Crippen LogP contribution >= 0.6 is 0 Å². The number of piperidine rings is 1. The van der Waals surface area contributed by atoms with E-state index < -0.39 is 21.5 Å². The van der Waals surface area contributed by atoms with Gasteiger partial charge in [-0.15, -0.1) is 0 Å². The van der Waals surface area contributed by atoms with E-state index in [0.717, 1.165) is 11.9 Å². The highest BCUT2D eigenvalue weighted by atomic mass is 32.2. The predicted octanol–water partition coefficient (Wildman–Crippen LogP) is 2.99. The smallest absolute Gasteiger partial charge is 0.257 e. The summed E-state index contributed by atoms with van der Waals surface area (Å²) < 4.78 is 30.0. The van der Waals surface area contributed by atoms with E-state index in [2.05, 4.69) is 9.35 Å². The van der Waals surface area contributed by atoms with Crippen LogP contribution < -0.4 is 4.90 Å². The lowest BCUT2D eigenvalue weighted by Crippen LogP contribution is -2.36. The zero-order valence-corrected chi connectivity index (χ0v) is 15.7. The lowest BCUT2D eigenvalue weighted by Gasteiger charge is -2.31. The molecule has 1 aliphatic rings. The Bertz CT molecular complexity index is 999. The van der Waals surface area contributed by atoms with Crippen molar-refractivity contribution in [2.75, 3.05) is 24.2 Å². The van der Waals surface area contributed by atoms with E-state index in [0.29, 0.717) is 31.5 Å². The number of halogens is 1. The first-order valence-electron chi connectivity index (χ1n) is 8.52. The van der Waals surface area contributed by atoms with Gasteiger partial charge < -0.3 is 4.90 Å². The second-order valence-corrected chi connectivity index (χ2v) is 8.73. The quantitative estimate of drug-likeness (QED) is 0.809. The minimum atomic E-state index is -2.98. The van der Waals surface area contributed by atoms with E-state index in [1.807, 2.05) is 11.0 Å². The first kappa shape index (κ1) is 19.0. The second-order valence-electron chi connectivity index (χ2n) is 6.47. The van der Waals surface area contributed by atoms with Crippen molar-refractivity contribution in [1.82, 2.24) is 4.98 Å². The minimum Gasteiger partial charge on any atom is -0.357 e. The molecule has 1 fully saturated rings. The summed E-state index contributed by atoms with van der Waals surface area (Å²) >= 11 is 0. The largest absolute Gasteiger partial charge is 0.357 e. The maximum atomic E-state index is 13.4. The molecule has 0 radical (unpaired) electrons. The first-order chi connectivity index (χ1) is 12.9. The molecule has 2 aromatic rings. The van der Waals surface area contributed by atoms with Gasteiger partial charge in [-0.2, -0.15) is 9.62 Å². The minimum absolute atomic E-state index is 0.218. The van der Waals surface area contributed by atoms with Crippen LogP contribution in [0.3, 0.4) is 0 Å². The SMILES string of the molecule is CS(=O)(=NC(=O)C1CCN(c2ccc(C#N)cn2)CC1)c1cccc(F)c1. The lowest BCUT2D eigenvalue weighted by molar-refractivity contribution is -0.121. The molecule has 0 aliphatic carbocycles. The third-order valence-electron chi connectivity index (χ3n) is 4.54. The molecule has 140 valence electrons. The van der Waals surface area contributed by atoms with Crippen LogP contribution in [-0.2, 0) is 14.5 Å². The Kier molecular flexibility index (Phi) is 5.51. The van der Waals surface area contributed by atoms with Gasteiger partial charge in [0.2, 0.25) is 0 Å². The van der Waals surface area contributed by atoms with Gasteiger partial charge in [-0.3, -0.25) is 4.79 Å². The zero-order valence-electron chi connectivity index (χ0n) is 14.8. The fourth-order valence-corrected chi connectivity index (χ4v) is 4.26. The van der Waals surface area contributed by atoms with Crippen LogP contribution in [0.4, 0.5) is 10.2 Å². The molecule has 1 amide bonds. The van der Waals surface area contributed by atoms with Crippen molar-refractivity contribution in [3.8, 4) is 6.07 Å². The summed E-state index contributed by atoms with van der Waals surface area (Å²) in [4.78, 5) is 19.0. The fraction of sp³-hybridized carbons (Fsp3) is 0.316. The Morgan fingerprint density at radius 1 is 1.33 bits per heavy atom. The van der Waals surface area contributed by atoms with E-state index in [-0.39, 0.29) is 10.8 Å². The topological polar surface area (TPSA) is 86.4 Å². The van der Waals surface area contributed by atoms with Crippen molar-refractivity contribution in [3.63, 3.8) is 0 Å². The second kappa shape index (κ2) is 7.84. The standard InChI is InChI=1S/C19H19FN4O2S/c1-27(26,17-4-2-3-16(20)11-17)23-19(25)15-7-9-24(10-8-15)18-6-5-14(12-21)13-22-18/h2-6,11,13,15H,7-10H2,1H3. The molecule has 3 rings (SSSR count). The molecule has 1 aromatic heterocycles. The Morgan fingerprint density at radius 2 is 2.07 bits per heavy atom. The number of rotatable bonds is 3. The number of hydrogen-bond acceptors (Lipinski definition) is 5. The summed E-state index contributed by atoms with van der Waals surface area (Å²) in [5, 5.41) is 8.83. The predicted molar refractivity (Wildman–Crippen MR) is 100 cm³/mol. The van der Waals surface area contributed by atoms with Crippen molar-refractivity contribution < 1.29 is 13.4 Å². The summed E-state index contributed by atoms with van der Waals surface area (Å²) in [6.45, 7) is 1.24. The van der Waals surface area contributed by atoms with Crippen molar-refractivity contribution in [1.29, 1.82) is 5.26 Å². The van der Waals surface area contributed by atoms with Gasteiger partial charge in [0.05, 0.1) is 20.2 Å². The Balaban J connectivity index is 1.67. The van der Waals surface area contributed by atoms with Crippen LogP contribution in [0.1, 0.15) is 18.4 Å². The van der Waals surface area contributed by atoms with Crippen LogP contribution in [-0.4, -0.2) is 34.4 Å². The number of amides is 1. The fourth-order valence-electron chi connectivity index (χ4n) is 3.00. The summed E-state index contributed by atoms with van der Waals surface area (Å²) in [5.41, 5.74) is 0.498. The molecule has 1 aromatic carbocycles. The molecule has 6 nitrogen and oxygen atoms in total. The Morgan fingerprint density at radius 3 is 2.67 bits per heavy atom. The third kappa shape index (κ3) is 4.49. The van der Waals surface area contributed by atoms with Crippen molar-refractivity contribution in [3.05, 3.63) is 54.0 Å². The van der Waals surface area contributed by atoms with Gasteiger partial charge in [-0.25, -0.2) is 13.6 Å². The molecule has 1 aliphatic heterocycles. The number of carbonyl (C=O) groups is 1. The van der Waals surface area contributed by atoms with Crippen molar-refractivity contribution in [2.45, 2.75) is 17.7 Å². The molecule has 0 spiro atoms. The van der Waals surface area contributed by atoms with Crippen molar-refractivity contribution >= 4 is 21.5 Å². The Hall–Kier alpha value is -2.79. The van der Waals surface area contributed by atoms with E-state index >= 15 is 0 Å². The maximum absolute atomic E-state index is 13.4. The molecule has 1 unspecified atom stereocenters. The number of aromatic nitrogens is 1. The average Bonchev–Trinajstić information content (AvgIpc) is 2.68. The van der Waals surface area contributed by atoms with Crippen LogP contribution in [0, 0.1) is 23.1 Å². The highest BCUT2D eigenvalue weighted by Gasteiger charge is 2.26. The molecule has 27 heavy (non-hydrogen) atoms. The van der Waals surface area contributed by atoms with Gasteiger partial charge in [-0.05, 0) is 43.2 Å². The summed E-state index contributed by atoms with van der Waals surface area (Å²) in [5.74, 6) is -0.461. The normalized spacial score (nSPS) is 17.0. The number of nitriles is 1. The number of anilines is 1. The van der Waals surface area contributed by atoms with Gasteiger partial charge in [0.25, 0.3) is 5.91 Å². The highest BCUT2D eigenvalue weighted by Crippen LogP contribution is 2.24. The molecule has 1 saturated heterocycles. The van der Waals surface area contributed by atoms with Gasteiger partial charge in [-0.1, -0.05) is 6.07 Å². The maximum Gasteiger partial charge on any atom is 0.257 e. The Labute approximate surface area is 157 Å². The van der Waals surface area contributed by atoms with Gasteiger partial charge >= 0.3 is 0 Å². The molecular formula is C19H19FN4O2S. The molecule has 0 N–H and O–H groups in total. The molecule has 0 bridgehead atoms. The van der Waals surface area contributed by atoms with E-state index in [1.54, 1.807) is 12.1 Å². The molecule has 2 heterocycles. The third-order valence-corrected chi connectivity index (χ3v) is 6.20. The molecular weight excluding hydrogens is 367 g/mol. The summed E-state index contributed by atoms with van der Waals surface area (Å²) in [6.07, 6.45) is 4.02. The van der Waals surface area contributed by atoms with Gasteiger partial charge in [0.15, 0.2) is 0 Å². The van der Waals surface area contributed by atoms with Crippen molar-refractivity contribution in [2.24, 2.45) is 10.3 Å². The summed E-state index contributed by atoms with van der Waals surface area (Å²) in [7, 11) is -2.98. The monoisotopic (exact) mass is 386 g/mol. The number of pyridine rings is 1. The number of benzene rings is 1. The number of carbonyl (C=O) groups excluding carboxylic acids is 1. The van der Waals surface area contributed by atoms with E-state index in [9.17, 15) is 13.4 Å². The van der Waals surface area contributed by atoms with Gasteiger partial charge in [0.1, 0.15) is 17.7 Å². The molecule has 1 atom stereocenters. The highest BCUT2D eigenvalue weighted by molar-refractivity contribution is 7.93. The molecule has 8 heteroatoms. The lowest BCUT2D eigenvalue weighted by atomic mass is 9.96. The average molecular weight is 386 g/mol. The van der Waals surface area contributed by atoms with Gasteiger partial charge in [0, 0.05) is 31.5 Å². The van der Waals surface area contributed by atoms with Crippen LogP contribution in [0.15, 0.2) is 51.9 Å². The number of hydrogen-bond donors (Lipinski definition) is 0. The first-order valence-corrected chi connectivity index (χ1v) is 10.4. The van der Waals surface area contributed by atoms with E-state index in [1.165, 1.54) is 30.7 Å².